The molecule has 1 aliphatic rings. The minimum Gasteiger partial charge on any atom is -0.406 e. The maximum Gasteiger partial charge on any atom is 0.573 e. The van der Waals surface area contributed by atoms with Crippen LogP contribution in [0.25, 0.3) is 0 Å². The average Bonchev–Trinajstić information content (AvgIpc) is 3.01. The number of carbonyl (C=O) groups is 1. The van der Waals surface area contributed by atoms with Crippen molar-refractivity contribution in [2.24, 2.45) is 5.92 Å². The number of alkyl halides is 3. The number of hydrogen-bond acceptors (Lipinski definition) is 4. The van der Waals surface area contributed by atoms with Crippen LogP contribution in [0.15, 0.2) is 36.7 Å². The molecule has 0 unspecified atom stereocenters. The number of aromatic nitrogens is 2. The fourth-order valence-corrected chi connectivity index (χ4v) is 2.76. The third kappa shape index (κ3) is 5.22. The monoisotopic (exact) mass is 369 g/mol. The number of ether oxygens (including phenoxy) is 2. The van der Waals surface area contributed by atoms with Gasteiger partial charge in [-0.05, 0) is 37.0 Å². The van der Waals surface area contributed by atoms with Gasteiger partial charge in [0.15, 0.2) is 0 Å². The van der Waals surface area contributed by atoms with Crippen LogP contribution in [0.2, 0.25) is 0 Å². The van der Waals surface area contributed by atoms with Crippen LogP contribution in [0.5, 0.6) is 5.75 Å². The lowest BCUT2D eigenvalue weighted by atomic mass is 10.0. The number of rotatable bonds is 5. The van der Waals surface area contributed by atoms with Gasteiger partial charge in [-0.15, -0.1) is 13.2 Å². The van der Waals surface area contributed by atoms with Gasteiger partial charge in [-0.1, -0.05) is 6.07 Å². The minimum absolute atomic E-state index is 0.0592. The molecule has 0 saturated carbocycles. The number of hydrogen-bond donors (Lipinski definition) is 1. The molecule has 0 aliphatic carbocycles. The zero-order valence-corrected chi connectivity index (χ0v) is 13.8. The third-order valence-electron chi connectivity index (χ3n) is 4.01. The van der Waals surface area contributed by atoms with Crippen LogP contribution < -0.4 is 10.1 Å². The van der Waals surface area contributed by atoms with Crippen LogP contribution in [-0.2, 0) is 11.3 Å². The van der Waals surface area contributed by atoms with Gasteiger partial charge in [0, 0.05) is 31.5 Å². The molecule has 0 radical (unpaired) electrons. The molecule has 26 heavy (non-hydrogen) atoms. The van der Waals surface area contributed by atoms with Gasteiger partial charge >= 0.3 is 6.36 Å². The molecule has 140 valence electrons. The second-order valence-electron chi connectivity index (χ2n) is 6.04. The predicted molar refractivity (Wildman–Crippen MR) is 86.8 cm³/mol. The highest BCUT2D eigenvalue weighted by Gasteiger charge is 2.31. The summed E-state index contributed by atoms with van der Waals surface area (Å²) in [5, 5.41) is 6.83. The Morgan fingerprint density at radius 1 is 1.35 bits per heavy atom. The molecule has 3 rings (SSSR count). The standard InChI is InChI=1S/C17H18F3N3O3/c18-17(19,20)26-15-3-1-2-13(8-15)16(24)22-14-9-21-23(11-14)10-12-4-6-25-7-5-12/h1-3,8-9,11-12H,4-7,10H2,(H,22,24). The molecule has 9 heteroatoms. The molecule has 0 bridgehead atoms. The first-order chi connectivity index (χ1) is 12.4. The zero-order chi connectivity index (χ0) is 18.6. The van der Waals surface area contributed by atoms with E-state index in [0.29, 0.717) is 11.6 Å². The van der Waals surface area contributed by atoms with Gasteiger partial charge < -0.3 is 14.8 Å². The Morgan fingerprint density at radius 2 is 2.12 bits per heavy atom. The van der Waals surface area contributed by atoms with Crippen LogP contribution >= 0.6 is 0 Å². The minimum atomic E-state index is -4.81. The third-order valence-corrected chi connectivity index (χ3v) is 4.01. The second kappa shape index (κ2) is 7.77. The van der Waals surface area contributed by atoms with E-state index in [1.807, 2.05) is 0 Å². The molecule has 1 aromatic carbocycles. The van der Waals surface area contributed by atoms with E-state index in [1.54, 1.807) is 10.9 Å². The van der Waals surface area contributed by atoms with Crippen molar-refractivity contribution >= 4 is 11.6 Å². The van der Waals surface area contributed by atoms with Gasteiger partial charge in [-0.2, -0.15) is 5.10 Å². The lowest BCUT2D eigenvalue weighted by molar-refractivity contribution is -0.274. The van der Waals surface area contributed by atoms with Gasteiger partial charge in [-0.3, -0.25) is 9.48 Å². The summed E-state index contributed by atoms with van der Waals surface area (Å²) in [7, 11) is 0. The highest BCUT2D eigenvalue weighted by molar-refractivity contribution is 6.04. The average molecular weight is 369 g/mol. The number of anilines is 1. The van der Waals surface area contributed by atoms with Crippen LogP contribution in [0.1, 0.15) is 23.2 Å². The number of nitrogens with zero attached hydrogens (tertiary/aromatic N) is 2. The Labute approximate surface area is 147 Å². The van der Waals surface area contributed by atoms with E-state index in [0.717, 1.165) is 44.7 Å². The number of benzene rings is 1. The first-order valence-corrected chi connectivity index (χ1v) is 8.16. The Kier molecular flexibility index (Phi) is 5.46. The Morgan fingerprint density at radius 3 is 2.85 bits per heavy atom. The zero-order valence-electron chi connectivity index (χ0n) is 13.8. The Bertz CT molecular complexity index is 755. The second-order valence-corrected chi connectivity index (χ2v) is 6.04. The smallest absolute Gasteiger partial charge is 0.406 e. The quantitative estimate of drug-likeness (QED) is 0.877. The van der Waals surface area contributed by atoms with Gasteiger partial charge in [0.2, 0.25) is 0 Å². The lowest BCUT2D eigenvalue weighted by Gasteiger charge is -2.21. The highest BCUT2D eigenvalue weighted by Crippen LogP contribution is 2.24. The molecular weight excluding hydrogens is 351 g/mol. The fourth-order valence-electron chi connectivity index (χ4n) is 2.76. The van der Waals surface area contributed by atoms with E-state index in [-0.39, 0.29) is 5.56 Å². The van der Waals surface area contributed by atoms with E-state index >= 15 is 0 Å². The van der Waals surface area contributed by atoms with E-state index in [4.69, 9.17) is 4.74 Å². The number of amides is 1. The van der Waals surface area contributed by atoms with Crippen LogP contribution in [0, 0.1) is 5.92 Å². The van der Waals surface area contributed by atoms with E-state index in [9.17, 15) is 18.0 Å². The Hall–Kier alpha value is -2.55. The molecule has 1 N–H and O–H groups in total. The van der Waals surface area contributed by atoms with Gasteiger partial charge in [0.25, 0.3) is 5.91 Å². The summed E-state index contributed by atoms with van der Waals surface area (Å²) in [6.07, 6.45) is 0.332. The van der Waals surface area contributed by atoms with Gasteiger partial charge in [0.1, 0.15) is 5.75 Å². The predicted octanol–water partition coefficient (Wildman–Crippen LogP) is 3.46. The summed E-state index contributed by atoms with van der Waals surface area (Å²) in [6.45, 7) is 2.21. The van der Waals surface area contributed by atoms with Crippen molar-refractivity contribution in [2.45, 2.75) is 25.7 Å². The largest absolute Gasteiger partial charge is 0.573 e. The molecular formula is C17H18F3N3O3. The van der Waals surface area contributed by atoms with Gasteiger partial charge in [0.05, 0.1) is 11.9 Å². The molecule has 0 atom stereocenters. The molecule has 1 aromatic heterocycles. The van der Waals surface area contributed by atoms with E-state index < -0.39 is 18.0 Å². The summed E-state index contributed by atoms with van der Waals surface area (Å²) in [5.74, 6) is -0.507. The first-order valence-electron chi connectivity index (χ1n) is 8.16. The molecule has 1 amide bonds. The maximum atomic E-state index is 12.3. The lowest BCUT2D eigenvalue weighted by Crippen LogP contribution is -2.20. The number of carbonyl (C=O) groups excluding carboxylic acids is 1. The van der Waals surface area contributed by atoms with Crippen molar-refractivity contribution in [3.8, 4) is 5.75 Å². The van der Waals surface area contributed by atoms with Gasteiger partial charge in [-0.25, -0.2) is 0 Å². The summed E-state index contributed by atoms with van der Waals surface area (Å²) >= 11 is 0. The van der Waals surface area contributed by atoms with Crippen LogP contribution in [0.3, 0.4) is 0 Å². The molecule has 1 fully saturated rings. The summed E-state index contributed by atoms with van der Waals surface area (Å²) in [4.78, 5) is 12.2. The molecule has 2 heterocycles. The van der Waals surface area contributed by atoms with Crippen molar-refractivity contribution < 1.29 is 27.4 Å². The van der Waals surface area contributed by atoms with E-state index in [1.165, 1.54) is 18.3 Å². The summed E-state index contributed by atoms with van der Waals surface area (Å²) < 4.78 is 47.7. The number of halogens is 3. The highest BCUT2D eigenvalue weighted by atomic mass is 19.4. The first kappa shape index (κ1) is 18.2. The Balaban J connectivity index is 1.60. The maximum absolute atomic E-state index is 12.3. The van der Waals surface area contributed by atoms with E-state index in [2.05, 4.69) is 15.2 Å². The molecule has 6 nitrogen and oxygen atoms in total. The van der Waals surface area contributed by atoms with Crippen molar-refractivity contribution in [2.75, 3.05) is 18.5 Å². The fraction of sp³-hybridized carbons (Fsp3) is 0.412. The topological polar surface area (TPSA) is 65.4 Å². The molecule has 2 aromatic rings. The SMILES string of the molecule is O=C(Nc1cnn(CC2CCOCC2)c1)c1cccc(OC(F)(F)F)c1. The number of nitrogens with one attached hydrogen (secondary N) is 1. The summed E-state index contributed by atoms with van der Waals surface area (Å²) in [6, 6.07) is 4.90. The van der Waals surface area contributed by atoms with Crippen LogP contribution in [-0.4, -0.2) is 35.3 Å². The van der Waals surface area contributed by atoms with Crippen molar-refractivity contribution in [3.63, 3.8) is 0 Å². The molecule has 0 spiro atoms. The van der Waals surface area contributed by atoms with Crippen LogP contribution in [0.4, 0.5) is 18.9 Å². The normalized spacial score (nSPS) is 15.7. The van der Waals surface area contributed by atoms with Crippen molar-refractivity contribution in [1.29, 1.82) is 0 Å². The van der Waals surface area contributed by atoms with Crippen molar-refractivity contribution in [3.05, 3.63) is 42.2 Å². The molecule has 1 aliphatic heterocycles. The van der Waals surface area contributed by atoms with Crippen molar-refractivity contribution in [1.82, 2.24) is 9.78 Å². The summed E-state index contributed by atoms with van der Waals surface area (Å²) in [5.41, 5.74) is 0.535. The molecule has 1 saturated heterocycles.